The zero-order chi connectivity index (χ0) is 17.0. The third kappa shape index (κ3) is 3.91. The van der Waals surface area contributed by atoms with Crippen molar-refractivity contribution in [2.45, 2.75) is 17.3 Å². The smallest absolute Gasteiger partial charge is 0.341 e. The van der Waals surface area contributed by atoms with Gasteiger partial charge in [0.2, 0.25) is 9.84 Å². The number of benzene rings is 2. The summed E-state index contributed by atoms with van der Waals surface area (Å²) in [7, 11) is -4.68. The van der Waals surface area contributed by atoms with Gasteiger partial charge in [0.1, 0.15) is 0 Å². The largest absolute Gasteiger partial charge is 0.392 e. The average Bonchev–Trinajstić information content (AvgIpc) is 2.55. The third-order valence-corrected chi connectivity index (χ3v) is 4.45. The van der Waals surface area contributed by atoms with E-state index in [0.29, 0.717) is 11.3 Å². The number of aliphatic hydroxyl groups is 1. The Labute approximate surface area is 131 Å². The van der Waals surface area contributed by atoms with Crippen LogP contribution in [0.5, 0.6) is 0 Å². The maximum atomic E-state index is 12.4. The molecule has 0 bridgehead atoms. The van der Waals surface area contributed by atoms with Crippen molar-refractivity contribution in [3.63, 3.8) is 0 Å². The van der Waals surface area contributed by atoms with Crippen LogP contribution < -0.4 is 5.32 Å². The van der Waals surface area contributed by atoms with Crippen LogP contribution in [0.1, 0.15) is 15.9 Å². The molecule has 5 nitrogen and oxygen atoms in total. The number of aliphatic hydroxyl groups excluding tert-OH is 1. The lowest BCUT2D eigenvalue weighted by atomic mass is 10.2. The van der Waals surface area contributed by atoms with Crippen LogP contribution in [0.25, 0.3) is 0 Å². The number of hydrogen-bond donors (Lipinski definition) is 2. The summed E-state index contributed by atoms with van der Waals surface area (Å²) in [6.45, 7) is -0.177. The molecule has 2 N–H and O–H groups in total. The summed E-state index contributed by atoms with van der Waals surface area (Å²) in [5, 5.41) is 11.6. The highest BCUT2D eigenvalue weighted by atomic mass is 32.2. The fraction of sp³-hybridized carbons (Fsp3) is 0.133. The molecule has 0 radical (unpaired) electrons. The monoisotopic (exact) mass is 341 g/mol. The molecule has 0 aromatic heterocycles. The first-order valence-electron chi connectivity index (χ1n) is 6.48. The number of alkyl halides is 2. The van der Waals surface area contributed by atoms with Crippen LogP contribution in [-0.4, -0.2) is 25.2 Å². The molecule has 0 aliphatic heterocycles. The van der Waals surface area contributed by atoms with Crippen molar-refractivity contribution in [1.82, 2.24) is 0 Å². The molecular formula is C15H13F2NO4S. The van der Waals surface area contributed by atoms with E-state index in [1.807, 2.05) is 0 Å². The Kier molecular flexibility index (Phi) is 5.07. The van der Waals surface area contributed by atoms with Gasteiger partial charge in [-0.1, -0.05) is 12.1 Å². The van der Waals surface area contributed by atoms with E-state index in [0.717, 1.165) is 24.3 Å². The van der Waals surface area contributed by atoms with Gasteiger partial charge in [0.15, 0.2) is 0 Å². The number of halogens is 2. The molecule has 0 unspecified atom stereocenters. The SMILES string of the molecule is O=C(Nc1cccc(CO)c1)c1ccc(S(=O)(=O)C(F)F)cc1. The Bertz CT molecular complexity index is 804. The minimum atomic E-state index is -4.68. The molecule has 2 aromatic carbocycles. The van der Waals surface area contributed by atoms with E-state index in [-0.39, 0.29) is 12.2 Å². The minimum absolute atomic E-state index is 0.118. The number of amides is 1. The number of rotatable bonds is 5. The van der Waals surface area contributed by atoms with Crippen LogP contribution in [0.2, 0.25) is 0 Å². The maximum absolute atomic E-state index is 12.4. The molecule has 1 amide bonds. The van der Waals surface area contributed by atoms with Crippen molar-refractivity contribution in [3.05, 3.63) is 59.7 Å². The standard InChI is InChI=1S/C15H13F2NO4S/c16-15(17)23(21,22)13-6-4-11(5-7-13)14(20)18-12-3-1-2-10(8-12)9-19/h1-8,15,19H,9H2,(H,18,20). The lowest BCUT2D eigenvalue weighted by Gasteiger charge is -2.08. The predicted octanol–water partition coefficient (Wildman–Crippen LogP) is 2.43. The molecule has 0 heterocycles. The number of anilines is 1. The van der Waals surface area contributed by atoms with E-state index >= 15 is 0 Å². The molecule has 0 spiro atoms. The Morgan fingerprint density at radius 2 is 1.78 bits per heavy atom. The van der Waals surface area contributed by atoms with Crippen molar-refractivity contribution in [1.29, 1.82) is 0 Å². The Morgan fingerprint density at radius 1 is 1.13 bits per heavy atom. The van der Waals surface area contributed by atoms with Crippen molar-refractivity contribution in [2.75, 3.05) is 5.32 Å². The van der Waals surface area contributed by atoms with Gasteiger partial charge in [-0.25, -0.2) is 8.42 Å². The zero-order valence-corrected chi connectivity index (χ0v) is 12.6. The summed E-state index contributed by atoms with van der Waals surface area (Å²) in [5.41, 5.74) is 1.18. The highest BCUT2D eigenvalue weighted by molar-refractivity contribution is 7.91. The first-order chi connectivity index (χ1) is 10.8. The molecule has 0 aliphatic carbocycles. The number of hydrogen-bond acceptors (Lipinski definition) is 4. The molecule has 8 heteroatoms. The lowest BCUT2D eigenvalue weighted by molar-refractivity contribution is 0.102. The number of carbonyl (C=O) groups excluding carboxylic acids is 1. The van der Waals surface area contributed by atoms with Gasteiger partial charge in [0, 0.05) is 11.3 Å². The van der Waals surface area contributed by atoms with Crippen LogP contribution in [0.15, 0.2) is 53.4 Å². The Balaban J connectivity index is 2.17. The fourth-order valence-electron chi connectivity index (χ4n) is 1.85. The molecule has 2 aromatic rings. The topological polar surface area (TPSA) is 83.5 Å². The highest BCUT2D eigenvalue weighted by Crippen LogP contribution is 2.19. The Hall–Kier alpha value is -2.32. The molecule has 0 aliphatic rings. The normalized spacial score (nSPS) is 11.5. The number of sulfone groups is 1. The minimum Gasteiger partial charge on any atom is -0.392 e. The summed E-state index contributed by atoms with van der Waals surface area (Å²) >= 11 is 0. The molecule has 122 valence electrons. The lowest BCUT2D eigenvalue weighted by Crippen LogP contribution is -2.14. The van der Waals surface area contributed by atoms with Crippen molar-refractivity contribution < 1.29 is 27.1 Å². The second-order valence-electron chi connectivity index (χ2n) is 4.64. The number of nitrogens with one attached hydrogen (secondary N) is 1. The van der Waals surface area contributed by atoms with E-state index in [2.05, 4.69) is 5.32 Å². The molecule has 0 atom stereocenters. The predicted molar refractivity (Wildman–Crippen MR) is 79.9 cm³/mol. The van der Waals surface area contributed by atoms with Crippen LogP contribution in [0.3, 0.4) is 0 Å². The summed E-state index contributed by atoms with van der Waals surface area (Å²) in [4.78, 5) is 11.5. The third-order valence-electron chi connectivity index (χ3n) is 3.05. The summed E-state index contributed by atoms with van der Waals surface area (Å²) in [5.74, 6) is -4.04. The van der Waals surface area contributed by atoms with Gasteiger partial charge in [-0.3, -0.25) is 4.79 Å². The second kappa shape index (κ2) is 6.84. The molecule has 23 heavy (non-hydrogen) atoms. The first-order valence-corrected chi connectivity index (χ1v) is 8.02. The fourth-order valence-corrected chi connectivity index (χ4v) is 2.57. The van der Waals surface area contributed by atoms with Gasteiger partial charge in [-0.05, 0) is 42.0 Å². The van der Waals surface area contributed by atoms with Gasteiger partial charge in [0.05, 0.1) is 11.5 Å². The van der Waals surface area contributed by atoms with Gasteiger partial charge >= 0.3 is 5.76 Å². The second-order valence-corrected chi connectivity index (χ2v) is 6.56. The summed E-state index contributed by atoms with van der Waals surface area (Å²) < 4.78 is 47.5. The van der Waals surface area contributed by atoms with Crippen molar-refractivity contribution >= 4 is 21.4 Å². The van der Waals surface area contributed by atoms with Crippen LogP contribution in [0.4, 0.5) is 14.5 Å². The molecule has 0 saturated heterocycles. The maximum Gasteiger partial charge on any atom is 0.341 e. The molecular weight excluding hydrogens is 328 g/mol. The van der Waals surface area contributed by atoms with Crippen molar-refractivity contribution in [2.24, 2.45) is 0 Å². The van der Waals surface area contributed by atoms with Crippen LogP contribution in [0, 0.1) is 0 Å². The van der Waals surface area contributed by atoms with Gasteiger partial charge in [0.25, 0.3) is 5.91 Å². The van der Waals surface area contributed by atoms with Gasteiger partial charge in [-0.15, -0.1) is 0 Å². The van der Waals surface area contributed by atoms with E-state index in [1.165, 1.54) is 0 Å². The van der Waals surface area contributed by atoms with E-state index in [9.17, 15) is 22.0 Å². The summed E-state index contributed by atoms with van der Waals surface area (Å²) in [6.07, 6.45) is 0. The summed E-state index contributed by atoms with van der Waals surface area (Å²) in [6, 6.07) is 10.8. The van der Waals surface area contributed by atoms with Crippen molar-refractivity contribution in [3.8, 4) is 0 Å². The quantitative estimate of drug-likeness (QED) is 0.875. The van der Waals surface area contributed by atoms with Gasteiger partial charge < -0.3 is 10.4 Å². The van der Waals surface area contributed by atoms with E-state index < -0.39 is 26.4 Å². The molecule has 0 fully saturated rings. The van der Waals surface area contributed by atoms with Crippen LogP contribution in [-0.2, 0) is 16.4 Å². The zero-order valence-electron chi connectivity index (χ0n) is 11.7. The Morgan fingerprint density at radius 3 is 2.35 bits per heavy atom. The first kappa shape index (κ1) is 17.0. The molecule has 0 saturated carbocycles. The average molecular weight is 341 g/mol. The molecule has 2 rings (SSSR count). The van der Waals surface area contributed by atoms with Crippen LogP contribution >= 0.6 is 0 Å². The highest BCUT2D eigenvalue weighted by Gasteiger charge is 2.26. The number of carbonyl (C=O) groups is 1. The van der Waals surface area contributed by atoms with Gasteiger partial charge in [-0.2, -0.15) is 8.78 Å². The van der Waals surface area contributed by atoms with E-state index in [4.69, 9.17) is 5.11 Å². The van der Waals surface area contributed by atoms with E-state index in [1.54, 1.807) is 24.3 Å².